The average molecular weight is 2100 g/mol. The van der Waals surface area contributed by atoms with Crippen LogP contribution in [0.15, 0.2) is 128 Å². The van der Waals surface area contributed by atoms with Gasteiger partial charge in [-0.25, -0.2) is 4.31 Å². The zero-order chi connectivity index (χ0) is 107. The zero-order valence-corrected chi connectivity index (χ0v) is 86.4. The molecule has 2 unspecified atom stereocenters. The highest BCUT2D eigenvalue weighted by Gasteiger charge is 2.58. The monoisotopic (exact) mass is 2100 g/mol. The standard InChI is InChI=1S/C99H164O43P2/c1-14-53(2)25-15-26-54(3)27-16-28-55(4)29-17-30-56(5)31-18-32-57(6)33-19-34-58(7)35-20-36-59(8)37-21-38-60(9)39-22-40-61(10)41-23-42-62(11)43-24-44-63(12)49-129-143(122,123)142-144(124,125)141-99-88(121)92(76(109)67(47-102)132-99)140-97-85(118)80(113)89(68(48-103)133-97)137-98-86(119)81(114)90(71(136-98)52-126-64(13)104)138-96-84(117)79(112)74(107)70(135-96)51-127-93-82(115)78(111)73(106)69(134-93)50-128-94-87(120)91(75(108)66(46-101)130-94)139-95-83(116)77(110)72(105)65(45-100)131-95/h14,26,28,30,32,34,36,38,40,42,44,65-103,105-121H,15-25,27,29,31,33,35,37,39,41,43,45-52H2,1-13H3,(H,122,123)(H,124,125)/p-2/b53-14-,54-26-,55-28-,56-30-,57-32-,58-34-,59-36-,60-38-,61-40+,62-42+,63-44+/t65-,66-,67-,68-,69-,70-,71-,72-,73-,74-,75-,76+,77+,78+,79+,80-,81-,82-,83-,84-,85-,86-,87-,88-,89-,90-,91+,92+,93-,94-,95+,96+,97+,98+,99-/m1/s1. The van der Waals surface area contributed by atoms with Crippen molar-refractivity contribution < 1.29 is 211 Å². The minimum atomic E-state index is -6.18. The van der Waals surface area contributed by atoms with Crippen LogP contribution in [0.2, 0.25) is 0 Å². The Morgan fingerprint density at radius 3 is 0.861 bits per heavy atom. The van der Waals surface area contributed by atoms with E-state index in [2.05, 4.69) is 134 Å². The van der Waals surface area contributed by atoms with Gasteiger partial charge in [-0.1, -0.05) is 128 Å². The predicted octanol–water partition coefficient (Wildman–Crippen LogP) is 2.52. The van der Waals surface area contributed by atoms with Crippen LogP contribution < -0.4 is 9.79 Å². The Balaban J connectivity index is 0.812. The lowest BCUT2D eigenvalue weighted by Crippen LogP contribution is -2.67. The lowest BCUT2D eigenvalue weighted by atomic mass is 9.95. The van der Waals surface area contributed by atoms with Gasteiger partial charge in [0.2, 0.25) is 0 Å². The van der Waals surface area contributed by atoms with Crippen molar-refractivity contribution >= 4 is 21.6 Å². The van der Waals surface area contributed by atoms with Crippen molar-refractivity contribution in [2.45, 2.75) is 433 Å². The first-order chi connectivity index (χ1) is 68.1. The molecular weight excluding hydrogens is 1940 g/mol. The Hall–Kier alpha value is -4.49. The second-order valence-electron chi connectivity index (χ2n) is 38.6. The first-order valence-electron chi connectivity index (χ1n) is 49.5. The lowest BCUT2D eigenvalue weighted by Gasteiger charge is -2.49. The predicted molar refractivity (Wildman–Crippen MR) is 512 cm³/mol. The number of phosphoric acid groups is 2. The molecule has 828 valence electrons. The molecule has 43 nitrogen and oxygen atoms in total. The second kappa shape index (κ2) is 62.6. The number of allylic oxidation sites excluding steroid dienone is 21. The summed E-state index contributed by atoms with van der Waals surface area (Å²) in [5.41, 5.74) is 14.3. The maximum absolute atomic E-state index is 13.2. The normalized spacial score (nSPS) is 36.8. The van der Waals surface area contributed by atoms with Gasteiger partial charge in [-0.2, -0.15) is 0 Å². The van der Waals surface area contributed by atoms with Gasteiger partial charge in [0.05, 0.1) is 46.2 Å². The molecule has 0 amide bonds. The van der Waals surface area contributed by atoms with Crippen molar-refractivity contribution in [3.63, 3.8) is 0 Å². The highest BCUT2D eigenvalue weighted by Crippen LogP contribution is 2.57. The summed E-state index contributed by atoms with van der Waals surface area (Å²) in [6, 6.07) is 0. The summed E-state index contributed by atoms with van der Waals surface area (Å²) >= 11 is 0. The quantitative estimate of drug-likeness (QED) is 0.0236. The van der Waals surface area contributed by atoms with Gasteiger partial charge in [-0.15, -0.1) is 0 Å². The first-order valence-corrected chi connectivity index (χ1v) is 52.4. The summed E-state index contributed by atoms with van der Waals surface area (Å²) < 4.78 is 118. The Morgan fingerprint density at radius 2 is 0.521 bits per heavy atom. The minimum absolute atomic E-state index is 0.373. The molecule has 0 aromatic rings. The molecule has 0 spiro atoms. The van der Waals surface area contributed by atoms with Crippen LogP contribution in [0.1, 0.15) is 218 Å². The van der Waals surface area contributed by atoms with Gasteiger partial charge in [0.1, 0.15) is 178 Å². The number of esters is 1. The summed E-state index contributed by atoms with van der Waals surface area (Å²) in [7, 11) is -12.0. The lowest BCUT2D eigenvalue weighted by molar-refractivity contribution is -0.389. The molecule has 7 rings (SSSR count). The smallest absolute Gasteiger partial charge is 0.302 e. The van der Waals surface area contributed by atoms with Crippen LogP contribution in [0.25, 0.3) is 0 Å². The van der Waals surface area contributed by atoms with E-state index >= 15 is 0 Å². The highest BCUT2D eigenvalue weighted by molar-refractivity contribution is 7.59. The summed E-state index contributed by atoms with van der Waals surface area (Å²) in [6.45, 7) is 18.9. The van der Waals surface area contributed by atoms with Gasteiger partial charge in [0, 0.05) is 6.92 Å². The number of aliphatic hydroxyl groups excluding tert-OH is 21. The number of hydrogen-bond donors (Lipinski definition) is 21. The molecule has 7 heterocycles. The van der Waals surface area contributed by atoms with Gasteiger partial charge in [0.15, 0.2) is 44.0 Å². The van der Waals surface area contributed by atoms with Crippen molar-refractivity contribution in [1.82, 2.24) is 0 Å². The Labute approximate surface area is 842 Å². The number of carbonyl (C=O) groups excluding carboxylic acids is 1. The van der Waals surface area contributed by atoms with E-state index in [0.29, 0.717) is 18.4 Å². The summed E-state index contributed by atoms with van der Waals surface area (Å²) in [5.74, 6) is -0.983. The van der Waals surface area contributed by atoms with Crippen LogP contribution in [0, 0.1) is 0 Å². The average Bonchev–Trinajstić information content (AvgIpc) is 0.774. The van der Waals surface area contributed by atoms with Crippen LogP contribution in [0.4, 0.5) is 0 Å². The van der Waals surface area contributed by atoms with E-state index in [0.717, 1.165) is 128 Å². The number of aliphatic hydroxyl groups is 21. The molecule has 37 atom stereocenters. The highest BCUT2D eigenvalue weighted by atomic mass is 31.3. The van der Waals surface area contributed by atoms with E-state index < -0.39 is 289 Å². The molecule has 7 fully saturated rings. The third-order valence-electron chi connectivity index (χ3n) is 26.4. The number of ether oxygens (including phenoxy) is 14. The molecule has 0 radical (unpaired) electrons. The molecule has 0 saturated carbocycles. The van der Waals surface area contributed by atoms with Crippen LogP contribution in [0.5, 0.6) is 0 Å². The fraction of sp³-hybridized carbons (Fsp3) is 0.768. The molecule has 7 saturated heterocycles. The molecule has 0 aromatic carbocycles. The van der Waals surface area contributed by atoms with E-state index in [1.165, 1.54) is 57.1 Å². The van der Waals surface area contributed by atoms with Gasteiger partial charge < -0.3 is 188 Å². The van der Waals surface area contributed by atoms with Crippen LogP contribution in [-0.4, -0.2) is 381 Å². The Kier molecular flexibility index (Phi) is 55.0. The third-order valence-corrected chi connectivity index (χ3v) is 29.0. The summed E-state index contributed by atoms with van der Waals surface area (Å²) in [6.07, 6.45) is -27.6. The molecule has 0 aliphatic carbocycles. The number of phosphoric ester groups is 2. The Morgan fingerprint density at radius 1 is 0.271 bits per heavy atom. The molecule has 7 aliphatic rings. The topological polar surface area (TPSA) is 679 Å². The fourth-order valence-electron chi connectivity index (χ4n) is 17.1. The van der Waals surface area contributed by atoms with Crippen LogP contribution >= 0.6 is 15.6 Å². The van der Waals surface area contributed by atoms with Crippen molar-refractivity contribution in [3.05, 3.63) is 128 Å². The maximum Gasteiger partial charge on any atom is 0.302 e. The van der Waals surface area contributed by atoms with Crippen molar-refractivity contribution in [1.29, 1.82) is 0 Å². The van der Waals surface area contributed by atoms with E-state index in [4.69, 9.17) is 75.4 Å². The molecule has 0 bridgehead atoms. The van der Waals surface area contributed by atoms with E-state index in [1.54, 1.807) is 6.08 Å². The molecule has 144 heavy (non-hydrogen) atoms. The molecule has 21 N–H and O–H groups in total. The summed E-state index contributed by atoms with van der Waals surface area (Å²) in [5, 5.41) is 229. The minimum Gasteiger partial charge on any atom is -0.756 e. The van der Waals surface area contributed by atoms with Gasteiger partial charge in [0.25, 0.3) is 15.6 Å². The number of carbonyl (C=O) groups is 1. The number of hydrogen-bond acceptors (Lipinski definition) is 43. The van der Waals surface area contributed by atoms with Gasteiger partial charge >= 0.3 is 5.97 Å². The fourth-order valence-corrected chi connectivity index (χ4v) is 19.2. The van der Waals surface area contributed by atoms with E-state index in [1.807, 2.05) is 6.92 Å². The van der Waals surface area contributed by atoms with Gasteiger partial charge in [-0.3, -0.25) is 18.4 Å². The van der Waals surface area contributed by atoms with Gasteiger partial charge in [-0.05, 0) is 212 Å². The first kappa shape index (κ1) is 126. The summed E-state index contributed by atoms with van der Waals surface area (Å²) in [4.78, 5) is 38.5. The molecule has 7 aliphatic heterocycles. The van der Waals surface area contributed by atoms with Crippen LogP contribution in [-0.2, 0) is 93.6 Å². The third kappa shape index (κ3) is 39.9. The van der Waals surface area contributed by atoms with Crippen molar-refractivity contribution in [3.8, 4) is 0 Å². The largest absolute Gasteiger partial charge is 0.756 e. The van der Waals surface area contributed by atoms with Crippen molar-refractivity contribution in [2.75, 3.05) is 52.9 Å². The SMILES string of the molecule is C/C=C(/C)CC/C=C(/C)CC/C=C(/C)CC/C=C(/C)CC/C=C(/C)CC/C=C(/C)CC/C=C(/C)CC/C=C(/C)CC/C=C(\C)CC/C=C(\C)CC/C=C(\C)COP(=O)([O-])OP(=O)([O-])O[C@H]1O[C@H](CO)[C@H](O)[C@H](O[C@@H]2O[C@H](CO)[C@@H](O[C@@H]3O[C@H](COC(C)=O)[C@@H](O[C@@H]4O[C@H](CO[C@@H]5O[C@H](CO[C@@H]6O[C@H](CO)[C@@H](O)[C@H](O[C@@H]7O[C@H](CO)[C@@H](O)[C@H](O)[C@H]7O)[C@H]6O)[C@@H](O)[C@H](O)[C@H]5O)[C@@H](O)[C@H](O)[C@H]4O)[C@H](O)[C@H]3O)[C@H](O)[C@H]2O)[C@H]1O. The molecule has 0 aromatic heterocycles. The zero-order valence-electron chi connectivity index (χ0n) is 84.6. The Bertz CT molecular complexity index is 4300. The molecule has 45 heteroatoms. The van der Waals surface area contributed by atoms with Crippen LogP contribution in [0.3, 0.4) is 0 Å². The second-order valence-corrected chi connectivity index (χ2v) is 41.5. The maximum atomic E-state index is 13.2. The van der Waals surface area contributed by atoms with E-state index in [-0.39, 0.29) is 0 Å². The van der Waals surface area contributed by atoms with E-state index in [9.17, 15) is 131 Å². The van der Waals surface area contributed by atoms with Crippen molar-refractivity contribution in [2.24, 2.45) is 0 Å². The molecular formula is C99H162O43P2-2. The number of rotatable bonds is 57.